The Morgan fingerprint density at radius 2 is 2.28 bits per heavy atom. The lowest BCUT2D eigenvalue weighted by atomic mass is 9.83. The normalized spacial score (nSPS) is 15.8. The summed E-state index contributed by atoms with van der Waals surface area (Å²) in [4.78, 5) is 18.4. The molecule has 1 aromatic heterocycles. The van der Waals surface area contributed by atoms with Crippen LogP contribution in [-0.4, -0.2) is 21.0 Å². The summed E-state index contributed by atoms with van der Waals surface area (Å²) in [5, 5.41) is 9.04. The number of nitrogens with zero attached hydrogens (tertiary/aromatic N) is 1. The predicted octanol–water partition coefficient (Wildman–Crippen LogP) is 2.74. The molecular formula is C13H13FN2O2. The third-order valence-corrected chi connectivity index (χ3v) is 3.54. The Morgan fingerprint density at radius 1 is 1.50 bits per heavy atom. The number of carboxylic acid groups (broad SMARTS) is 1. The maximum atomic E-state index is 13.3. The van der Waals surface area contributed by atoms with Crippen LogP contribution in [0.4, 0.5) is 4.39 Å². The molecule has 0 atom stereocenters. The molecule has 1 aromatic carbocycles. The third kappa shape index (κ3) is 1.85. The molecule has 1 fully saturated rings. The number of aromatic carboxylic acids is 1. The summed E-state index contributed by atoms with van der Waals surface area (Å²) in [5.41, 5.74) is 0.723. The van der Waals surface area contributed by atoms with E-state index in [1.807, 2.05) is 0 Å². The van der Waals surface area contributed by atoms with E-state index in [-0.39, 0.29) is 5.56 Å². The number of H-pyrrole nitrogens is 1. The summed E-state index contributed by atoms with van der Waals surface area (Å²) in [6, 6.07) is 2.30. The van der Waals surface area contributed by atoms with Gasteiger partial charge in [-0.3, -0.25) is 0 Å². The number of aromatic amines is 1. The fourth-order valence-electron chi connectivity index (χ4n) is 2.36. The summed E-state index contributed by atoms with van der Waals surface area (Å²) in [6.07, 6.45) is 4.45. The summed E-state index contributed by atoms with van der Waals surface area (Å²) >= 11 is 0. The van der Waals surface area contributed by atoms with E-state index in [2.05, 4.69) is 9.97 Å². The maximum Gasteiger partial charge on any atom is 0.338 e. The number of benzene rings is 1. The van der Waals surface area contributed by atoms with Crippen LogP contribution < -0.4 is 0 Å². The minimum Gasteiger partial charge on any atom is -0.478 e. The molecule has 18 heavy (non-hydrogen) atoms. The van der Waals surface area contributed by atoms with Crippen LogP contribution in [0.1, 0.15) is 35.4 Å². The molecular weight excluding hydrogens is 235 g/mol. The molecule has 0 aliphatic heterocycles. The average Bonchev–Trinajstić information content (AvgIpc) is 2.64. The van der Waals surface area contributed by atoms with Crippen molar-refractivity contribution in [2.24, 2.45) is 5.92 Å². The second-order valence-electron chi connectivity index (χ2n) is 4.84. The van der Waals surface area contributed by atoms with Gasteiger partial charge in [-0.25, -0.2) is 14.2 Å². The monoisotopic (exact) mass is 248 g/mol. The highest BCUT2D eigenvalue weighted by molar-refractivity contribution is 6.00. The molecule has 0 spiro atoms. The van der Waals surface area contributed by atoms with E-state index in [0.29, 0.717) is 17.0 Å². The van der Waals surface area contributed by atoms with Crippen molar-refractivity contribution < 1.29 is 14.3 Å². The first-order chi connectivity index (χ1) is 8.63. The quantitative estimate of drug-likeness (QED) is 0.877. The zero-order valence-electron chi connectivity index (χ0n) is 9.74. The number of imidazole rings is 1. The molecule has 2 aromatic rings. The van der Waals surface area contributed by atoms with E-state index >= 15 is 0 Å². The number of nitrogens with one attached hydrogen (secondary N) is 1. The van der Waals surface area contributed by atoms with Crippen LogP contribution in [0.25, 0.3) is 11.0 Å². The maximum absolute atomic E-state index is 13.3. The molecule has 94 valence electrons. The van der Waals surface area contributed by atoms with Crippen LogP contribution in [0.15, 0.2) is 12.1 Å². The molecule has 0 bridgehead atoms. The number of aromatic nitrogens is 2. The SMILES string of the molecule is O=C(O)c1cc(F)cc2[nH]c(CC3CCC3)nc12. The Bertz CT molecular complexity index is 617. The second kappa shape index (κ2) is 4.08. The number of fused-ring (bicyclic) bond motifs is 1. The summed E-state index contributed by atoms with van der Waals surface area (Å²) < 4.78 is 13.3. The van der Waals surface area contributed by atoms with Crippen LogP contribution in [0.3, 0.4) is 0 Å². The van der Waals surface area contributed by atoms with Crippen molar-refractivity contribution in [2.45, 2.75) is 25.7 Å². The van der Waals surface area contributed by atoms with E-state index in [4.69, 9.17) is 5.11 Å². The molecule has 0 radical (unpaired) electrons. The largest absolute Gasteiger partial charge is 0.478 e. The smallest absolute Gasteiger partial charge is 0.338 e. The first-order valence-electron chi connectivity index (χ1n) is 6.05. The highest BCUT2D eigenvalue weighted by atomic mass is 19.1. The van der Waals surface area contributed by atoms with Gasteiger partial charge in [0.1, 0.15) is 17.2 Å². The number of carboxylic acids is 1. The Kier molecular flexibility index (Phi) is 2.54. The minimum absolute atomic E-state index is 0.0823. The fraction of sp³-hybridized carbons (Fsp3) is 0.385. The molecule has 1 heterocycles. The van der Waals surface area contributed by atoms with Gasteiger partial charge < -0.3 is 10.1 Å². The van der Waals surface area contributed by atoms with E-state index in [1.54, 1.807) is 0 Å². The third-order valence-electron chi connectivity index (χ3n) is 3.54. The molecule has 1 aliphatic rings. The first kappa shape index (κ1) is 11.2. The van der Waals surface area contributed by atoms with Gasteiger partial charge in [0.2, 0.25) is 0 Å². The fourth-order valence-corrected chi connectivity index (χ4v) is 2.36. The highest BCUT2D eigenvalue weighted by Crippen LogP contribution is 2.30. The van der Waals surface area contributed by atoms with Gasteiger partial charge in [-0.15, -0.1) is 0 Å². The Balaban J connectivity index is 2.04. The van der Waals surface area contributed by atoms with Crippen LogP contribution in [0.5, 0.6) is 0 Å². The zero-order valence-corrected chi connectivity index (χ0v) is 9.74. The zero-order chi connectivity index (χ0) is 12.7. The minimum atomic E-state index is -1.15. The van der Waals surface area contributed by atoms with Crippen molar-refractivity contribution in [2.75, 3.05) is 0 Å². The number of hydrogen-bond donors (Lipinski definition) is 2. The summed E-state index contributed by atoms with van der Waals surface area (Å²) in [5.74, 6) is -0.327. The van der Waals surface area contributed by atoms with Crippen LogP contribution >= 0.6 is 0 Å². The molecule has 4 nitrogen and oxygen atoms in total. The number of carbonyl (C=O) groups is 1. The van der Waals surface area contributed by atoms with E-state index in [1.165, 1.54) is 25.3 Å². The van der Waals surface area contributed by atoms with Gasteiger partial charge in [0, 0.05) is 6.42 Å². The molecule has 0 saturated heterocycles. The van der Waals surface area contributed by atoms with Gasteiger partial charge in [0.15, 0.2) is 0 Å². The lowest BCUT2D eigenvalue weighted by Crippen LogP contribution is -2.14. The molecule has 0 amide bonds. The van der Waals surface area contributed by atoms with Gasteiger partial charge in [0.25, 0.3) is 0 Å². The van der Waals surface area contributed by atoms with Crippen molar-refractivity contribution in [1.29, 1.82) is 0 Å². The van der Waals surface area contributed by atoms with Crippen molar-refractivity contribution in [3.63, 3.8) is 0 Å². The molecule has 2 N–H and O–H groups in total. The number of rotatable bonds is 3. The van der Waals surface area contributed by atoms with E-state index in [9.17, 15) is 9.18 Å². The van der Waals surface area contributed by atoms with E-state index < -0.39 is 11.8 Å². The second-order valence-corrected chi connectivity index (χ2v) is 4.84. The molecule has 5 heteroatoms. The molecule has 3 rings (SSSR count). The van der Waals surface area contributed by atoms with Gasteiger partial charge in [-0.05, 0) is 18.1 Å². The van der Waals surface area contributed by atoms with Crippen molar-refractivity contribution in [1.82, 2.24) is 9.97 Å². The number of halogens is 1. The standard InChI is InChI=1S/C13H13FN2O2/c14-8-5-9(13(17)18)12-10(6-8)15-11(16-12)4-7-2-1-3-7/h5-7H,1-4H2,(H,15,16)(H,17,18). The Hall–Kier alpha value is -1.91. The van der Waals surface area contributed by atoms with Crippen molar-refractivity contribution in [3.8, 4) is 0 Å². The first-order valence-corrected chi connectivity index (χ1v) is 6.05. The van der Waals surface area contributed by atoms with Gasteiger partial charge in [-0.2, -0.15) is 0 Å². The predicted molar refractivity (Wildman–Crippen MR) is 64.1 cm³/mol. The van der Waals surface area contributed by atoms with Gasteiger partial charge in [0.05, 0.1) is 11.1 Å². The van der Waals surface area contributed by atoms with Crippen LogP contribution in [0, 0.1) is 11.7 Å². The topological polar surface area (TPSA) is 66.0 Å². The molecule has 0 unspecified atom stereocenters. The summed E-state index contributed by atoms with van der Waals surface area (Å²) in [7, 11) is 0. The van der Waals surface area contributed by atoms with Crippen LogP contribution in [0.2, 0.25) is 0 Å². The lowest BCUT2D eigenvalue weighted by molar-refractivity contribution is 0.0698. The van der Waals surface area contributed by atoms with E-state index in [0.717, 1.165) is 18.3 Å². The Labute approximate surface area is 103 Å². The molecule has 1 aliphatic carbocycles. The lowest BCUT2D eigenvalue weighted by Gasteiger charge is -2.23. The average molecular weight is 248 g/mol. The number of hydrogen-bond acceptors (Lipinski definition) is 2. The Morgan fingerprint density at radius 3 is 2.89 bits per heavy atom. The van der Waals surface area contributed by atoms with Crippen molar-refractivity contribution in [3.05, 3.63) is 29.3 Å². The van der Waals surface area contributed by atoms with Gasteiger partial charge in [-0.1, -0.05) is 19.3 Å². The van der Waals surface area contributed by atoms with Crippen molar-refractivity contribution >= 4 is 17.0 Å². The summed E-state index contributed by atoms with van der Waals surface area (Å²) in [6.45, 7) is 0. The molecule has 1 saturated carbocycles. The van der Waals surface area contributed by atoms with Crippen LogP contribution in [-0.2, 0) is 6.42 Å². The highest BCUT2D eigenvalue weighted by Gasteiger charge is 2.21. The van der Waals surface area contributed by atoms with Gasteiger partial charge >= 0.3 is 5.97 Å².